The number of hydrogen-bond acceptors (Lipinski definition) is 4. The molecule has 0 bridgehead atoms. The van der Waals surface area contributed by atoms with Crippen LogP contribution in [0.5, 0.6) is 0 Å². The van der Waals surface area contributed by atoms with E-state index in [1.165, 1.54) is 19.3 Å². The molecule has 4 heteroatoms. The predicted octanol–water partition coefficient (Wildman–Crippen LogP) is 1.03. The number of morpholine rings is 1. The van der Waals surface area contributed by atoms with Crippen molar-refractivity contribution < 1.29 is 14.6 Å². The van der Waals surface area contributed by atoms with Gasteiger partial charge in [0, 0.05) is 31.2 Å². The monoisotopic (exact) mass is 255 g/mol. The molecule has 0 amide bonds. The summed E-state index contributed by atoms with van der Waals surface area (Å²) in [5, 5.41) is 9.77. The molecule has 1 aliphatic carbocycles. The SMILES string of the molecule is OCC1(CN2CCOC3CCCC32)CCCOC1. The molecular weight excluding hydrogens is 230 g/mol. The van der Waals surface area contributed by atoms with Crippen molar-refractivity contribution >= 4 is 0 Å². The zero-order valence-electron chi connectivity index (χ0n) is 11.1. The van der Waals surface area contributed by atoms with Gasteiger partial charge in [-0.3, -0.25) is 4.90 Å². The van der Waals surface area contributed by atoms with Gasteiger partial charge < -0.3 is 14.6 Å². The highest BCUT2D eigenvalue weighted by atomic mass is 16.5. The molecule has 2 heterocycles. The van der Waals surface area contributed by atoms with Crippen LogP contribution in [0.15, 0.2) is 0 Å². The predicted molar refractivity (Wildman–Crippen MR) is 68.5 cm³/mol. The van der Waals surface area contributed by atoms with Crippen molar-refractivity contribution in [2.75, 3.05) is 39.5 Å². The molecule has 104 valence electrons. The maximum Gasteiger partial charge on any atom is 0.0730 e. The Morgan fingerprint density at radius 2 is 2.17 bits per heavy atom. The van der Waals surface area contributed by atoms with Crippen LogP contribution < -0.4 is 0 Å². The largest absolute Gasteiger partial charge is 0.396 e. The van der Waals surface area contributed by atoms with Crippen molar-refractivity contribution in [2.45, 2.75) is 44.2 Å². The highest BCUT2D eigenvalue weighted by Gasteiger charge is 2.41. The van der Waals surface area contributed by atoms with Crippen LogP contribution in [0.3, 0.4) is 0 Å². The lowest BCUT2D eigenvalue weighted by Gasteiger charge is -2.45. The Balaban J connectivity index is 1.66. The summed E-state index contributed by atoms with van der Waals surface area (Å²) in [5.41, 5.74) is -0.0251. The quantitative estimate of drug-likeness (QED) is 0.818. The van der Waals surface area contributed by atoms with Gasteiger partial charge in [-0.05, 0) is 32.1 Å². The van der Waals surface area contributed by atoms with Gasteiger partial charge in [-0.25, -0.2) is 0 Å². The van der Waals surface area contributed by atoms with Crippen LogP contribution in [0.4, 0.5) is 0 Å². The lowest BCUT2D eigenvalue weighted by Crippen LogP contribution is -2.54. The molecule has 3 rings (SSSR count). The number of aliphatic hydroxyl groups is 1. The standard InChI is InChI=1S/C14H25NO3/c16-10-14(5-2-7-17-11-14)9-15-6-8-18-13-4-1-3-12(13)15/h12-13,16H,1-11H2. The maximum absolute atomic E-state index is 9.77. The molecule has 0 radical (unpaired) electrons. The van der Waals surface area contributed by atoms with Crippen molar-refractivity contribution in [2.24, 2.45) is 5.41 Å². The van der Waals surface area contributed by atoms with Crippen molar-refractivity contribution in [3.8, 4) is 0 Å². The van der Waals surface area contributed by atoms with E-state index in [2.05, 4.69) is 4.90 Å². The molecule has 3 fully saturated rings. The van der Waals surface area contributed by atoms with Crippen LogP contribution in [0.25, 0.3) is 0 Å². The van der Waals surface area contributed by atoms with Crippen LogP contribution >= 0.6 is 0 Å². The highest BCUT2D eigenvalue weighted by molar-refractivity contribution is 4.93. The first kappa shape index (κ1) is 12.9. The molecule has 0 aromatic heterocycles. The van der Waals surface area contributed by atoms with Crippen molar-refractivity contribution in [1.82, 2.24) is 4.90 Å². The Morgan fingerprint density at radius 3 is 2.94 bits per heavy atom. The van der Waals surface area contributed by atoms with E-state index < -0.39 is 0 Å². The third-order valence-electron chi connectivity index (χ3n) is 4.88. The third-order valence-corrected chi connectivity index (χ3v) is 4.88. The van der Waals surface area contributed by atoms with E-state index in [-0.39, 0.29) is 12.0 Å². The summed E-state index contributed by atoms with van der Waals surface area (Å²) in [6.07, 6.45) is 6.38. The first-order valence-electron chi connectivity index (χ1n) is 7.37. The zero-order chi connectivity index (χ0) is 12.4. The summed E-state index contributed by atoms with van der Waals surface area (Å²) in [7, 11) is 0. The Morgan fingerprint density at radius 1 is 1.22 bits per heavy atom. The Labute approximate surface area is 109 Å². The van der Waals surface area contributed by atoms with E-state index in [0.29, 0.717) is 12.1 Å². The van der Waals surface area contributed by atoms with Gasteiger partial charge in [0.05, 0.1) is 25.9 Å². The topological polar surface area (TPSA) is 41.9 Å². The molecule has 3 atom stereocenters. The summed E-state index contributed by atoms with van der Waals surface area (Å²) in [4.78, 5) is 2.56. The van der Waals surface area contributed by atoms with Gasteiger partial charge in [-0.15, -0.1) is 0 Å². The molecule has 0 aromatic carbocycles. The van der Waals surface area contributed by atoms with E-state index in [1.807, 2.05) is 0 Å². The first-order valence-corrected chi connectivity index (χ1v) is 7.37. The first-order chi connectivity index (χ1) is 8.83. The molecule has 3 aliphatic rings. The lowest BCUT2D eigenvalue weighted by atomic mass is 9.82. The number of fused-ring (bicyclic) bond motifs is 1. The highest BCUT2D eigenvalue weighted by Crippen LogP contribution is 2.35. The minimum absolute atomic E-state index is 0.0251. The molecule has 2 aliphatic heterocycles. The molecule has 2 saturated heterocycles. The number of rotatable bonds is 3. The Hall–Kier alpha value is -0.160. The number of aliphatic hydroxyl groups excluding tert-OH is 1. The van der Waals surface area contributed by atoms with Gasteiger partial charge >= 0.3 is 0 Å². The molecule has 1 N–H and O–H groups in total. The van der Waals surface area contributed by atoms with Crippen molar-refractivity contribution in [3.63, 3.8) is 0 Å². The summed E-state index contributed by atoms with van der Waals surface area (Å²) in [6, 6.07) is 0.587. The summed E-state index contributed by atoms with van der Waals surface area (Å²) >= 11 is 0. The fourth-order valence-electron chi connectivity index (χ4n) is 3.84. The minimum atomic E-state index is -0.0251. The summed E-state index contributed by atoms with van der Waals surface area (Å²) in [6.45, 7) is 4.68. The van der Waals surface area contributed by atoms with Crippen LogP contribution in [0.2, 0.25) is 0 Å². The van der Waals surface area contributed by atoms with E-state index >= 15 is 0 Å². The fourth-order valence-corrected chi connectivity index (χ4v) is 3.84. The van der Waals surface area contributed by atoms with Crippen molar-refractivity contribution in [1.29, 1.82) is 0 Å². The van der Waals surface area contributed by atoms with E-state index in [1.54, 1.807) is 0 Å². The van der Waals surface area contributed by atoms with Crippen LogP contribution in [0.1, 0.15) is 32.1 Å². The van der Waals surface area contributed by atoms with Gasteiger partial charge in [-0.2, -0.15) is 0 Å². The smallest absolute Gasteiger partial charge is 0.0730 e. The van der Waals surface area contributed by atoms with E-state index in [9.17, 15) is 5.11 Å². The van der Waals surface area contributed by atoms with E-state index in [0.717, 1.165) is 45.8 Å². The molecule has 0 spiro atoms. The van der Waals surface area contributed by atoms with Crippen LogP contribution in [0, 0.1) is 5.41 Å². The Bertz CT molecular complexity index is 278. The van der Waals surface area contributed by atoms with Crippen LogP contribution in [-0.2, 0) is 9.47 Å². The number of hydrogen-bond donors (Lipinski definition) is 1. The van der Waals surface area contributed by atoms with Gasteiger partial charge in [-0.1, -0.05) is 0 Å². The van der Waals surface area contributed by atoms with Crippen LogP contribution in [-0.4, -0.2) is 61.7 Å². The molecule has 18 heavy (non-hydrogen) atoms. The third kappa shape index (κ3) is 2.44. The molecule has 0 aromatic rings. The molecule has 1 saturated carbocycles. The zero-order valence-corrected chi connectivity index (χ0v) is 11.1. The average Bonchev–Trinajstić information content (AvgIpc) is 2.89. The lowest BCUT2D eigenvalue weighted by molar-refractivity contribution is -0.102. The molecule has 4 nitrogen and oxygen atoms in total. The minimum Gasteiger partial charge on any atom is -0.396 e. The van der Waals surface area contributed by atoms with E-state index in [4.69, 9.17) is 9.47 Å². The molecule has 3 unspecified atom stereocenters. The maximum atomic E-state index is 9.77. The second kappa shape index (κ2) is 5.45. The Kier molecular flexibility index (Phi) is 3.89. The normalized spacial score (nSPS) is 41.8. The van der Waals surface area contributed by atoms with Crippen molar-refractivity contribution in [3.05, 3.63) is 0 Å². The molecular formula is C14H25NO3. The van der Waals surface area contributed by atoms with Gasteiger partial charge in [0.1, 0.15) is 0 Å². The average molecular weight is 255 g/mol. The number of ether oxygens (including phenoxy) is 2. The second-order valence-electron chi connectivity index (χ2n) is 6.19. The fraction of sp³-hybridized carbons (Fsp3) is 1.00. The summed E-state index contributed by atoms with van der Waals surface area (Å²) < 4.78 is 11.5. The number of nitrogens with zero attached hydrogens (tertiary/aromatic N) is 1. The van der Waals surface area contributed by atoms with Gasteiger partial charge in [0.2, 0.25) is 0 Å². The second-order valence-corrected chi connectivity index (χ2v) is 6.19. The van der Waals surface area contributed by atoms with Gasteiger partial charge in [0.25, 0.3) is 0 Å². The summed E-state index contributed by atoms with van der Waals surface area (Å²) in [5.74, 6) is 0. The van der Waals surface area contributed by atoms with Gasteiger partial charge in [0.15, 0.2) is 0 Å².